The van der Waals surface area contributed by atoms with Gasteiger partial charge >= 0.3 is 0 Å². The smallest absolute Gasteiger partial charge is 0.243 e. The highest BCUT2D eigenvalue weighted by atomic mass is 32.2. The third kappa shape index (κ3) is 5.16. The van der Waals surface area contributed by atoms with Crippen LogP contribution in [0.15, 0.2) is 65.7 Å². The maximum Gasteiger partial charge on any atom is 0.243 e. The number of aryl methyl sites for hydroxylation is 1. The van der Waals surface area contributed by atoms with Crippen LogP contribution in [0.5, 0.6) is 23.0 Å². The summed E-state index contributed by atoms with van der Waals surface area (Å²) in [5.74, 6) is 2.66. The van der Waals surface area contributed by atoms with Gasteiger partial charge in [0.05, 0.1) is 38.9 Å². The second-order valence-corrected chi connectivity index (χ2v) is 11.3. The van der Waals surface area contributed by atoms with E-state index in [1.54, 1.807) is 49.9 Å². The Kier molecular flexibility index (Phi) is 7.72. The van der Waals surface area contributed by atoms with Crippen LogP contribution in [0.2, 0.25) is 0 Å². The monoisotopic (exact) mass is 550 g/mol. The van der Waals surface area contributed by atoms with Crippen molar-refractivity contribution >= 4 is 20.9 Å². The quantitative estimate of drug-likeness (QED) is 0.280. The van der Waals surface area contributed by atoms with Crippen LogP contribution in [-0.2, 0) is 22.9 Å². The molecule has 206 valence electrons. The van der Waals surface area contributed by atoms with E-state index in [4.69, 9.17) is 18.9 Å². The molecule has 1 aromatic heterocycles. The third-order valence-corrected chi connectivity index (χ3v) is 9.28. The molecule has 4 aromatic rings. The lowest BCUT2D eigenvalue weighted by molar-refractivity contribution is 0.284. The molecule has 1 atom stereocenters. The number of nitrogens with one attached hydrogen (secondary N) is 1. The topological polar surface area (TPSA) is 90.1 Å². The zero-order valence-electron chi connectivity index (χ0n) is 22.7. The molecule has 0 spiro atoms. The van der Waals surface area contributed by atoms with Crippen LogP contribution in [0.4, 0.5) is 0 Å². The van der Waals surface area contributed by atoms with Gasteiger partial charge < -0.3 is 23.9 Å². The first kappa shape index (κ1) is 26.9. The van der Waals surface area contributed by atoms with Crippen molar-refractivity contribution in [1.82, 2.24) is 9.29 Å². The molecular formula is C30H34N2O6S. The molecule has 5 rings (SSSR count). The first-order valence-corrected chi connectivity index (χ1v) is 14.5. The predicted molar refractivity (Wildman–Crippen MR) is 151 cm³/mol. The van der Waals surface area contributed by atoms with Crippen LogP contribution in [0.25, 0.3) is 10.9 Å². The molecule has 39 heavy (non-hydrogen) atoms. The minimum atomic E-state index is -3.79. The number of aromatic nitrogens is 1. The number of sulfonamides is 1. The maximum atomic E-state index is 14.0. The van der Waals surface area contributed by atoms with E-state index in [0.717, 1.165) is 33.3 Å². The SMILES string of the molecule is CCOc1cc2c(cc1OC)CCN(S(=O)(=O)c1ccc(OC)cc1)[C@H]2CCc1c[nH]c2ccc(OC)cc12. The summed E-state index contributed by atoms with van der Waals surface area (Å²) in [7, 11) is 1.05. The number of aromatic amines is 1. The summed E-state index contributed by atoms with van der Waals surface area (Å²) in [4.78, 5) is 3.57. The van der Waals surface area contributed by atoms with Gasteiger partial charge in [-0.15, -0.1) is 0 Å². The number of nitrogens with zero attached hydrogens (tertiary/aromatic N) is 1. The number of hydrogen-bond donors (Lipinski definition) is 1. The standard InChI is InChI=1S/C30H34N2O6S/c1-5-38-30-18-26-20(16-29(30)37-4)14-15-32(39(33,34)24-10-7-22(35-2)8-11-24)28(26)13-6-21-19-31-27-12-9-23(36-3)17-25(21)27/h7-12,16-19,28,31H,5-6,13-15H2,1-4H3/t28-/m0/s1. The van der Waals surface area contributed by atoms with Gasteiger partial charge in [0.1, 0.15) is 11.5 Å². The van der Waals surface area contributed by atoms with E-state index >= 15 is 0 Å². The Morgan fingerprint density at radius 3 is 2.36 bits per heavy atom. The lowest BCUT2D eigenvalue weighted by Crippen LogP contribution is -2.40. The van der Waals surface area contributed by atoms with Gasteiger partial charge in [0.2, 0.25) is 10.0 Å². The van der Waals surface area contributed by atoms with E-state index in [-0.39, 0.29) is 10.9 Å². The maximum absolute atomic E-state index is 14.0. The lowest BCUT2D eigenvalue weighted by Gasteiger charge is -2.37. The summed E-state index contributed by atoms with van der Waals surface area (Å²) in [6.45, 7) is 2.76. The molecule has 0 saturated carbocycles. The van der Waals surface area contributed by atoms with Crippen molar-refractivity contribution < 1.29 is 27.4 Å². The summed E-state index contributed by atoms with van der Waals surface area (Å²) in [5, 5.41) is 1.07. The molecule has 0 fully saturated rings. The van der Waals surface area contributed by atoms with Crippen molar-refractivity contribution in [1.29, 1.82) is 0 Å². The van der Waals surface area contributed by atoms with Gasteiger partial charge in [0, 0.05) is 23.6 Å². The van der Waals surface area contributed by atoms with E-state index < -0.39 is 10.0 Å². The summed E-state index contributed by atoms with van der Waals surface area (Å²) in [6, 6.07) is 16.0. The number of hydrogen-bond acceptors (Lipinski definition) is 6. The van der Waals surface area contributed by atoms with Crippen LogP contribution in [0.1, 0.15) is 36.1 Å². The van der Waals surface area contributed by atoms with Crippen LogP contribution in [0.3, 0.4) is 0 Å². The number of H-pyrrole nitrogens is 1. The van der Waals surface area contributed by atoms with E-state index in [9.17, 15) is 8.42 Å². The average molecular weight is 551 g/mol. The van der Waals surface area contributed by atoms with Crippen LogP contribution in [-0.4, -0.2) is 52.2 Å². The number of rotatable bonds is 10. The van der Waals surface area contributed by atoms with Gasteiger partial charge in [-0.2, -0.15) is 4.31 Å². The summed E-state index contributed by atoms with van der Waals surface area (Å²) in [5.41, 5.74) is 4.14. The lowest BCUT2D eigenvalue weighted by atomic mass is 9.90. The molecule has 0 radical (unpaired) electrons. The Bertz CT molecular complexity index is 1560. The van der Waals surface area contributed by atoms with Crippen molar-refractivity contribution in [2.24, 2.45) is 0 Å². The highest BCUT2D eigenvalue weighted by Crippen LogP contribution is 2.42. The second kappa shape index (κ2) is 11.2. The minimum Gasteiger partial charge on any atom is -0.497 e. The first-order valence-electron chi connectivity index (χ1n) is 13.0. The van der Waals surface area contributed by atoms with Gasteiger partial charge in [0.25, 0.3) is 0 Å². The van der Waals surface area contributed by atoms with Crippen LogP contribution >= 0.6 is 0 Å². The predicted octanol–water partition coefficient (Wildman–Crippen LogP) is 5.51. The van der Waals surface area contributed by atoms with E-state index in [0.29, 0.717) is 49.7 Å². The minimum absolute atomic E-state index is 0.243. The highest BCUT2D eigenvalue weighted by molar-refractivity contribution is 7.89. The van der Waals surface area contributed by atoms with Gasteiger partial charge in [-0.1, -0.05) is 0 Å². The zero-order chi connectivity index (χ0) is 27.6. The molecule has 0 bridgehead atoms. The van der Waals surface area contributed by atoms with Crippen molar-refractivity contribution in [3.63, 3.8) is 0 Å². The molecule has 8 nitrogen and oxygen atoms in total. The normalized spacial score (nSPS) is 15.6. The van der Waals surface area contributed by atoms with Crippen molar-refractivity contribution in [2.45, 2.75) is 37.1 Å². The Morgan fingerprint density at radius 1 is 0.923 bits per heavy atom. The number of fused-ring (bicyclic) bond motifs is 2. The van der Waals surface area contributed by atoms with Gasteiger partial charge in [-0.25, -0.2) is 8.42 Å². The van der Waals surface area contributed by atoms with E-state index in [1.807, 2.05) is 43.5 Å². The number of methoxy groups -OCH3 is 3. The Labute approximate surface area is 229 Å². The fourth-order valence-electron chi connectivity index (χ4n) is 5.37. The second-order valence-electron chi connectivity index (χ2n) is 9.46. The Balaban J connectivity index is 1.56. The molecule has 9 heteroatoms. The highest BCUT2D eigenvalue weighted by Gasteiger charge is 2.37. The van der Waals surface area contributed by atoms with Crippen molar-refractivity contribution in [3.8, 4) is 23.0 Å². The summed E-state index contributed by atoms with van der Waals surface area (Å²) >= 11 is 0. The molecule has 0 amide bonds. The van der Waals surface area contributed by atoms with E-state index in [1.165, 1.54) is 0 Å². The van der Waals surface area contributed by atoms with Crippen LogP contribution in [0, 0.1) is 0 Å². The van der Waals surface area contributed by atoms with E-state index in [2.05, 4.69) is 4.98 Å². The Morgan fingerprint density at radius 2 is 1.67 bits per heavy atom. The number of ether oxygens (including phenoxy) is 4. The van der Waals surface area contributed by atoms with Gasteiger partial charge in [-0.05, 0) is 97.5 Å². The first-order chi connectivity index (χ1) is 18.9. The molecule has 0 aliphatic carbocycles. The molecule has 3 aromatic carbocycles. The molecular weight excluding hydrogens is 516 g/mol. The van der Waals surface area contributed by atoms with Crippen LogP contribution < -0.4 is 18.9 Å². The van der Waals surface area contributed by atoms with Gasteiger partial charge in [0.15, 0.2) is 11.5 Å². The fourth-order valence-corrected chi connectivity index (χ4v) is 7.00. The van der Waals surface area contributed by atoms with Crippen molar-refractivity contribution in [3.05, 3.63) is 77.5 Å². The average Bonchev–Trinajstić information content (AvgIpc) is 3.37. The third-order valence-electron chi connectivity index (χ3n) is 7.36. The summed E-state index contributed by atoms with van der Waals surface area (Å²) in [6.07, 6.45) is 3.83. The zero-order valence-corrected chi connectivity index (χ0v) is 23.5. The molecule has 2 heterocycles. The molecule has 1 aliphatic heterocycles. The van der Waals surface area contributed by atoms with Crippen molar-refractivity contribution in [2.75, 3.05) is 34.5 Å². The molecule has 0 saturated heterocycles. The summed E-state index contributed by atoms with van der Waals surface area (Å²) < 4.78 is 51.8. The van der Waals surface area contributed by atoms with Gasteiger partial charge in [-0.3, -0.25) is 0 Å². The number of benzene rings is 3. The fraction of sp³-hybridized carbons (Fsp3) is 0.333. The molecule has 1 N–H and O–H groups in total. The Hall–Kier alpha value is -3.69. The molecule has 0 unspecified atom stereocenters. The largest absolute Gasteiger partial charge is 0.497 e. The molecule has 1 aliphatic rings.